The highest BCUT2D eigenvalue weighted by molar-refractivity contribution is 5.21. The molecule has 0 saturated heterocycles. The second-order valence-electron chi connectivity index (χ2n) is 5.80. The van der Waals surface area contributed by atoms with Gasteiger partial charge in [0.05, 0.1) is 6.04 Å². The van der Waals surface area contributed by atoms with Crippen LogP contribution < -0.4 is 5.32 Å². The molecular formula is C21H35N. The van der Waals surface area contributed by atoms with Crippen molar-refractivity contribution in [3.63, 3.8) is 0 Å². The normalized spacial score (nSPS) is 14.6. The van der Waals surface area contributed by atoms with Crippen LogP contribution in [0.3, 0.4) is 0 Å². The molecule has 0 aliphatic heterocycles. The van der Waals surface area contributed by atoms with Gasteiger partial charge in [-0.25, -0.2) is 0 Å². The quantitative estimate of drug-likeness (QED) is 0.309. The standard InChI is InChI=1S/C21H35N/c1-7-11-14-17-21(22-19(6)10-4)20(16-13-9-3)18(5)15-12-8-2/h8,10-11,14,16,18,21-22H,2,4,6-7,9,12-13,15,17H2,1,3,5H3/b14-11-,20-16-. The van der Waals surface area contributed by atoms with E-state index in [0.717, 1.165) is 37.8 Å². The molecule has 0 spiro atoms. The van der Waals surface area contributed by atoms with Crippen molar-refractivity contribution in [2.24, 2.45) is 5.92 Å². The van der Waals surface area contributed by atoms with Gasteiger partial charge in [-0.1, -0.05) is 64.7 Å². The van der Waals surface area contributed by atoms with Crippen LogP contribution in [0.25, 0.3) is 0 Å². The maximum atomic E-state index is 4.03. The summed E-state index contributed by atoms with van der Waals surface area (Å²) in [6.45, 7) is 18.4. The first-order valence-electron chi connectivity index (χ1n) is 8.64. The van der Waals surface area contributed by atoms with Crippen molar-refractivity contribution in [3.8, 4) is 0 Å². The Hall–Kier alpha value is -1.50. The van der Waals surface area contributed by atoms with Crippen molar-refractivity contribution in [2.45, 2.75) is 65.3 Å². The Kier molecular flexibility index (Phi) is 12.3. The minimum absolute atomic E-state index is 0.305. The Bertz CT molecular complexity index is 387. The van der Waals surface area contributed by atoms with Gasteiger partial charge in [0.2, 0.25) is 0 Å². The molecule has 0 aromatic carbocycles. The van der Waals surface area contributed by atoms with E-state index in [-0.39, 0.29) is 0 Å². The largest absolute Gasteiger partial charge is 0.379 e. The molecule has 0 rings (SSSR count). The van der Waals surface area contributed by atoms with Crippen LogP contribution in [-0.4, -0.2) is 6.04 Å². The number of hydrogen-bond acceptors (Lipinski definition) is 1. The fourth-order valence-corrected chi connectivity index (χ4v) is 2.49. The summed E-state index contributed by atoms with van der Waals surface area (Å²) in [6.07, 6.45) is 17.3. The van der Waals surface area contributed by atoms with Crippen LogP contribution in [0.2, 0.25) is 0 Å². The predicted molar refractivity (Wildman–Crippen MR) is 102 cm³/mol. The van der Waals surface area contributed by atoms with Gasteiger partial charge in [0.15, 0.2) is 0 Å². The number of unbranched alkanes of at least 4 members (excludes halogenated alkanes) is 1. The van der Waals surface area contributed by atoms with Crippen LogP contribution in [0.1, 0.15) is 59.3 Å². The Morgan fingerprint density at radius 2 is 1.86 bits per heavy atom. The molecule has 2 atom stereocenters. The Morgan fingerprint density at radius 3 is 2.41 bits per heavy atom. The van der Waals surface area contributed by atoms with Gasteiger partial charge >= 0.3 is 0 Å². The van der Waals surface area contributed by atoms with Crippen LogP contribution in [-0.2, 0) is 0 Å². The summed E-state index contributed by atoms with van der Waals surface area (Å²) in [7, 11) is 0. The van der Waals surface area contributed by atoms with E-state index >= 15 is 0 Å². The summed E-state index contributed by atoms with van der Waals surface area (Å²) in [4.78, 5) is 0. The lowest BCUT2D eigenvalue weighted by Gasteiger charge is -2.27. The van der Waals surface area contributed by atoms with Crippen molar-refractivity contribution in [2.75, 3.05) is 0 Å². The average Bonchev–Trinajstić information content (AvgIpc) is 2.52. The van der Waals surface area contributed by atoms with Gasteiger partial charge in [-0.05, 0) is 49.7 Å². The Labute approximate surface area is 138 Å². The van der Waals surface area contributed by atoms with Crippen molar-refractivity contribution in [3.05, 3.63) is 61.4 Å². The lowest BCUT2D eigenvalue weighted by atomic mass is 9.87. The number of allylic oxidation sites excluding steroid dienone is 4. The molecule has 1 N–H and O–H groups in total. The van der Waals surface area contributed by atoms with Crippen molar-refractivity contribution in [1.29, 1.82) is 0 Å². The van der Waals surface area contributed by atoms with Gasteiger partial charge in [-0.2, -0.15) is 0 Å². The van der Waals surface area contributed by atoms with E-state index in [0.29, 0.717) is 12.0 Å². The molecule has 0 bridgehead atoms. The van der Waals surface area contributed by atoms with Gasteiger partial charge in [0.25, 0.3) is 0 Å². The van der Waals surface area contributed by atoms with Gasteiger partial charge in [-0.15, -0.1) is 6.58 Å². The van der Waals surface area contributed by atoms with Crippen molar-refractivity contribution in [1.82, 2.24) is 5.32 Å². The third kappa shape index (κ3) is 8.71. The SMILES string of the molecule is C=CCCC(C)/C(=C/CCC)C(C/C=C\CC)NC(=C)C=C. The molecule has 0 fully saturated rings. The van der Waals surface area contributed by atoms with Crippen LogP contribution in [0.15, 0.2) is 61.4 Å². The molecule has 2 unspecified atom stereocenters. The molecule has 0 amide bonds. The molecule has 22 heavy (non-hydrogen) atoms. The van der Waals surface area contributed by atoms with E-state index in [4.69, 9.17) is 0 Å². The fourth-order valence-electron chi connectivity index (χ4n) is 2.49. The first-order chi connectivity index (χ1) is 10.6. The third-order valence-corrected chi connectivity index (χ3v) is 3.82. The van der Waals surface area contributed by atoms with Crippen molar-refractivity contribution >= 4 is 0 Å². The van der Waals surface area contributed by atoms with E-state index in [1.807, 2.05) is 6.08 Å². The molecule has 0 aliphatic rings. The topological polar surface area (TPSA) is 12.0 Å². The summed E-state index contributed by atoms with van der Waals surface area (Å²) >= 11 is 0. The van der Waals surface area contributed by atoms with Gasteiger partial charge in [-0.3, -0.25) is 0 Å². The van der Waals surface area contributed by atoms with Gasteiger partial charge < -0.3 is 5.32 Å². The zero-order valence-corrected chi connectivity index (χ0v) is 14.9. The highest BCUT2D eigenvalue weighted by Crippen LogP contribution is 2.24. The maximum absolute atomic E-state index is 4.03. The highest BCUT2D eigenvalue weighted by atomic mass is 14.9. The van der Waals surface area contributed by atoms with E-state index in [9.17, 15) is 0 Å². The molecule has 0 aromatic heterocycles. The summed E-state index contributed by atoms with van der Waals surface area (Å²) in [6, 6.07) is 0.305. The summed E-state index contributed by atoms with van der Waals surface area (Å²) in [5.74, 6) is 0.551. The lowest BCUT2D eigenvalue weighted by molar-refractivity contribution is 0.525. The third-order valence-electron chi connectivity index (χ3n) is 3.82. The second-order valence-corrected chi connectivity index (χ2v) is 5.80. The molecule has 0 heterocycles. The molecule has 124 valence electrons. The first kappa shape index (κ1) is 20.5. The maximum Gasteiger partial charge on any atom is 0.0510 e. The number of hydrogen-bond donors (Lipinski definition) is 1. The lowest BCUT2D eigenvalue weighted by Crippen LogP contribution is -2.31. The summed E-state index contributed by atoms with van der Waals surface area (Å²) in [5, 5.41) is 3.53. The highest BCUT2D eigenvalue weighted by Gasteiger charge is 2.18. The van der Waals surface area contributed by atoms with E-state index in [2.05, 4.69) is 64.1 Å². The smallest absolute Gasteiger partial charge is 0.0510 e. The first-order valence-corrected chi connectivity index (χ1v) is 8.64. The second kappa shape index (κ2) is 13.2. The van der Waals surface area contributed by atoms with Gasteiger partial charge in [0, 0.05) is 5.70 Å². The van der Waals surface area contributed by atoms with Crippen LogP contribution in [0, 0.1) is 5.92 Å². The van der Waals surface area contributed by atoms with Crippen molar-refractivity contribution < 1.29 is 0 Å². The summed E-state index contributed by atoms with van der Waals surface area (Å²) < 4.78 is 0. The minimum atomic E-state index is 0.305. The van der Waals surface area contributed by atoms with E-state index in [1.54, 1.807) is 6.08 Å². The van der Waals surface area contributed by atoms with Crippen LogP contribution in [0.4, 0.5) is 0 Å². The molecule has 0 aromatic rings. The minimum Gasteiger partial charge on any atom is -0.379 e. The predicted octanol–water partition coefficient (Wildman–Crippen LogP) is 6.33. The Balaban J connectivity index is 5.20. The van der Waals surface area contributed by atoms with Crippen LogP contribution >= 0.6 is 0 Å². The molecule has 1 nitrogen and oxygen atoms in total. The Morgan fingerprint density at radius 1 is 1.14 bits per heavy atom. The molecule has 0 saturated carbocycles. The fraction of sp³-hybridized carbons (Fsp3) is 0.524. The van der Waals surface area contributed by atoms with Gasteiger partial charge in [0.1, 0.15) is 0 Å². The molecule has 0 aliphatic carbocycles. The van der Waals surface area contributed by atoms with Crippen LogP contribution in [0.5, 0.6) is 0 Å². The van der Waals surface area contributed by atoms with E-state index < -0.39 is 0 Å². The number of nitrogens with one attached hydrogen (secondary N) is 1. The molecule has 0 radical (unpaired) electrons. The zero-order valence-electron chi connectivity index (χ0n) is 14.9. The zero-order chi connectivity index (χ0) is 16.8. The van der Waals surface area contributed by atoms with E-state index in [1.165, 1.54) is 12.0 Å². The molecular weight excluding hydrogens is 266 g/mol. The monoisotopic (exact) mass is 301 g/mol. The average molecular weight is 302 g/mol. The number of rotatable bonds is 13. The molecule has 1 heteroatoms. The summed E-state index contributed by atoms with van der Waals surface area (Å²) in [5.41, 5.74) is 2.39.